The summed E-state index contributed by atoms with van der Waals surface area (Å²) in [5.41, 5.74) is 2.45. The molecular formula is C29H30ClN3O3. The number of halogens is 1. The molecule has 4 rings (SSSR count). The molecule has 1 heterocycles. The highest BCUT2D eigenvalue weighted by molar-refractivity contribution is 6.30. The Balaban J connectivity index is 1.96. The predicted octanol–water partition coefficient (Wildman–Crippen LogP) is 6.22. The molecule has 4 aromatic rings. The van der Waals surface area contributed by atoms with Gasteiger partial charge in [-0.2, -0.15) is 0 Å². The van der Waals surface area contributed by atoms with Crippen LogP contribution in [0.15, 0.2) is 71.5 Å². The van der Waals surface area contributed by atoms with Gasteiger partial charge in [0.25, 0.3) is 11.5 Å². The van der Waals surface area contributed by atoms with Crippen LogP contribution in [0.4, 0.5) is 0 Å². The van der Waals surface area contributed by atoms with E-state index in [1.165, 1.54) is 0 Å². The van der Waals surface area contributed by atoms with E-state index in [9.17, 15) is 9.59 Å². The third kappa shape index (κ3) is 5.00. The van der Waals surface area contributed by atoms with E-state index in [-0.39, 0.29) is 17.4 Å². The molecule has 1 amide bonds. The summed E-state index contributed by atoms with van der Waals surface area (Å²) < 4.78 is 7.21. The van der Waals surface area contributed by atoms with Gasteiger partial charge in [-0.25, -0.2) is 4.98 Å². The van der Waals surface area contributed by atoms with Gasteiger partial charge in [0.05, 0.1) is 29.7 Å². The predicted molar refractivity (Wildman–Crippen MR) is 144 cm³/mol. The maximum atomic E-state index is 13.9. The fourth-order valence-corrected chi connectivity index (χ4v) is 4.47. The molecule has 186 valence electrons. The minimum absolute atomic E-state index is 0.155. The molecule has 0 bridgehead atoms. The Morgan fingerprint density at radius 1 is 1.06 bits per heavy atom. The number of para-hydroxylation sites is 1. The van der Waals surface area contributed by atoms with Crippen LogP contribution < -0.4 is 10.3 Å². The zero-order valence-corrected chi connectivity index (χ0v) is 21.9. The highest BCUT2D eigenvalue weighted by Crippen LogP contribution is 2.30. The van der Waals surface area contributed by atoms with Gasteiger partial charge in [0.15, 0.2) is 0 Å². The molecule has 36 heavy (non-hydrogen) atoms. The summed E-state index contributed by atoms with van der Waals surface area (Å²) in [4.78, 5) is 34.3. The SMILES string of the molecule is COc1ccc(C)cc1-n1c(C(C)N(CC(C)C)C(=O)c2ccc(Cl)cc2)nc2ccccc2c1=O. The Morgan fingerprint density at radius 3 is 2.42 bits per heavy atom. The van der Waals surface area contributed by atoms with Crippen LogP contribution in [0.3, 0.4) is 0 Å². The molecule has 1 unspecified atom stereocenters. The molecule has 1 aromatic heterocycles. The second kappa shape index (κ2) is 10.5. The smallest absolute Gasteiger partial charge is 0.266 e. The molecule has 0 radical (unpaired) electrons. The number of ether oxygens (including phenoxy) is 1. The van der Waals surface area contributed by atoms with Crippen molar-refractivity contribution in [2.45, 2.75) is 33.7 Å². The topological polar surface area (TPSA) is 64.4 Å². The monoisotopic (exact) mass is 503 g/mol. The zero-order chi connectivity index (χ0) is 26.0. The van der Waals surface area contributed by atoms with E-state index >= 15 is 0 Å². The van der Waals surface area contributed by atoms with Gasteiger partial charge in [0, 0.05) is 17.1 Å². The Hall–Kier alpha value is -3.64. The van der Waals surface area contributed by atoms with Crippen LogP contribution in [0, 0.1) is 12.8 Å². The third-order valence-electron chi connectivity index (χ3n) is 6.13. The number of methoxy groups -OCH3 is 1. The van der Waals surface area contributed by atoms with Crippen LogP contribution in [0.5, 0.6) is 5.75 Å². The van der Waals surface area contributed by atoms with Crippen LogP contribution in [0.2, 0.25) is 5.02 Å². The number of carbonyl (C=O) groups excluding carboxylic acids is 1. The highest BCUT2D eigenvalue weighted by Gasteiger charge is 2.29. The van der Waals surface area contributed by atoms with Gasteiger partial charge in [-0.15, -0.1) is 0 Å². The van der Waals surface area contributed by atoms with Crippen LogP contribution in [-0.4, -0.2) is 34.0 Å². The summed E-state index contributed by atoms with van der Waals surface area (Å²) >= 11 is 6.06. The van der Waals surface area contributed by atoms with E-state index in [0.717, 1.165) is 5.56 Å². The lowest BCUT2D eigenvalue weighted by Crippen LogP contribution is -2.39. The van der Waals surface area contributed by atoms with Gasteiger partial charge in [0.1, 0.15) is 11.6 Å². The first-order valence-electron chi connectivity index (χ1n) is 11.9. The summed E-state index contributed by atoms with van der Waals surface area (Å²) in [6.07, 6.45) is 0. The van der Waals surface area contributed by atoms with Crippen molar-refractivity contribution in [1.82, 2.24) is 14.5 Å². The average molecular weight is 504 g/mol. The first-order valence-corrected chi connectivity index (χ1v) is 12.3. The molecule has 0 saturated carbocycles. The Labute approximate surface area is 216 Å². The van der Waals surface area contributed by atoms with Crippen LogP contribution in [-0.2, 0) is 0 Å². The molecule has 0 aliphatic carbocycles. The van der Waals surface area contributed by atoms with Gasteiger partial charge >= 0.3 is 0 Å². The number of hydrogen-bond acceptors (Lipinski definition) is 4. The van der Waals surface area contributed by atoms with E-state index in [1.807, 2.05) is 50.2 Å². The molecule has 1 atom stereocenters. The van der Waals surface area contributed by atoms with Crippen LogP contribution in [0.1, 0.15) is 48.6 Å². The van der Waals surface area contributed by atoms with E-state index < -0.39 is 6.04 Å². The fourth-order valence-electron chi connectivity index (χ4n) is 4.35. The first kappa shape index (κ1) is 25.5. The van der Waals surface area contributed by atoms with Crippen molar-refractivity contribution in [1.29, 1.82) is 0 Å². The molecule has 0 aliphatic rings. The van der Waals surface area contributed by atoms with Gasteiger partial charge in [0.2, 0.25) is 0 Å². The molecule has 0 fully saturated rings. The number of carbonyl (C=O) groups is 1. The minimum Gasteiger partial charge on any atom is -0.495 e. The lowest BCUT2D eigenvalue weighted by atomic mass is 10.1. The number of amides is 1. The molecule has 0 N–H and O–H groups in total. The average Bonchev–Trinajstić information content (AvgIpc) is 2.86. The lowest BCUT2D eigenvalue weighted by Gasteiger charge is -2.32. The van der Waals surface area contributed by atoms with Gasteiger partial charge in [-0.3, -0.25) is 14.2 Å². The Kier molecular flexibility index (Phi) is 7.45. The number of hydrogen-bond donors (Lipinski definition) is 0. The van der Waals surface area contributed by atoms with Crippen molar-refractivity contribution in [2.24, 2.45) is 5.92 Å². The molecule has 6 nitrogen and oxygen atoms in total. The fraction of sp³-hybridized carbons (Fsp3) is 0.276. The van der Waals surface area contributed by atoms with Gasteiger partial charge < -0.3 is 9.64 Å². The van der Waals surface area contributed by atoms with Gasteiger partial charge in [-0.05, 0) is 73.9 Å². The van der Waals surface area contributed by atoms with Crippen molar-refractivity contribution in [3.63, 3.8) is 0 Å². The molecule has 7 heteroatoms. The normalized spacial score (nSPS) is 12.1. The van der Waals surface area contributed by atoms with E-state index in [2.05, 4.69) is 13.8 Å². The largest absolute Gasteiger partial charge is 0.495 e. The summed E-state index contributed by atoms with van der Waals surface area (Å²) in [7, 11) is 1.58. The highest BCUT2D eigenvalue weighted by atomic mass is 35.5. The number of rotatable bonds is 7. The Morgan fingerprint density at radius 2 is 1.75 bits per heavy atom. The zero-order valence-electron chi connectivity index (χ0n) is 21.2. The number of aryl methyl sites for hydroxylation is 1. The maximum Gasteiger partial charge on any atom is 0.266 e. The summed E-state index contributed by atoms with van der Waals surface area (Å²) in [5.74, 6) is 1.05. The molecule has 0 spiro atoms. The summed E-state index contributed by atoms with van der Waals surface area (Å²) in [6.45, 7) is 8.46. The van der Waals surface area contributed by atoms with Crippen LogP contribution >= 0.6 is 11.6 Å². The van der Waals surface area contributed by atoms with Crippen LogP contribution in [0.25, 0.3) is 16.6 Å². The van der Waals surface area contributed by atoms with Crippen molar-refractivity contribution < 1.29 is 9.53 Å². The number of aromatic nitrogens is 2. The van der Waals surface area contributed by atoms with Crippen molar-refractivity contribution in [2.75, 3.05) is 13.7 Å². The summed E-state index contributed by atoms with van der Waals surface area (Å²) in [5, 5.41) is 1.06. The summed E-state index contributed by atoms with van der Waals surface area (Å²) in [6, 6.07) is 19.3. The molecule has 0 aliphatic heterocycles. The maximum absolute atomic E-state index is 13.9. The Bertz CT molecular complexity index is 1460. The quantitative estimate of drug-likeness (QED) is 0.300. The van der Waals surface area contributed by atoms with E-state index in [1.54, 1.807) is 46.9 Å². The number of nitrogens with zero attached hydrogens (tertiary/aromatic N) is 3. The number of benzene rings is 3. The van der Waals surface area contributed by atoms with E-state index in [0.29, 0.717) is 45.3 Å². The standard InChI is InChI=1S/C29H30ClN3O3/c1-18(2)17-32(28(34)21-11-13-22(30)14-12-21)20(4)27-31-24-9-7-6-8-23(24)29(35)33(27)25-16-19(3)10-15-26(25)36-5/h6-16,18,20H,17H2,1-5H3. The van der Waals surface area contributed by atoms with Gasteiger partial charge in [-0.1, -0.05) is 43.6 Å². The molecule has 0 saturated heterocycles. The minimum atomic E-state index is -0.516. The lowest BCUT2D eigenvalue weighted by molar-refractivity contribution is 0.0655. The molecule has 3 aromatic carbocycles. The second-order valence-corrected chi connectivity index (χ2v) is 9.77. The van der Waals surface area contributed by atoms with Crippen molar-refractivity contribution in [3.05, 3.63) is 99.1 Å². The van der Waals surface area contributed by atoms with Crippen molar-refractivity contribution >= 4 is 28.4 Å². The first-order chi connectivity index (χ1) is 17.2. The second-order valence-electron chi connectivity index (χ2n) is 9.34. The van der Waals surface area contributed by atoms with E-state index in [4.69, 9.17) is 21.3 Å². The molecular weight excluding hydrogens is 474 g/mol. The number of fused-ring (bicyclic) bond motifs is 1. The van der Waals surface area contributed by atoms with Crippen molar-refractivity contribution in [3.8, 4) is 11.4 Å². The third-order valence-corrected chi connectivity index (χ3v) is 6.38.